The van der Waals surface area contributed by atoms with E-state index in [0.29, 0.717) is 36.9 Å². The summed E-state index contributed by atoms with van der Waals surface area (Å²) in [6, 6.07) is 10.6. The molecule has 1 atom stereocenters. The molecule has 2 heterocycles. The van der Waals surface area contributed by atoms with Gasteiger partial charge in [-0.15, -0.1) is 0 Å². The van der Waals surface area contributed by atoms with E-state index >= 15 is 0 Å². The average molecular weight is 531 g/mol. The number of aryl methyl sites for hydroxylation is 1. The summed E-state index contributed by atoms with van der Waals surface area (Å²) in [6.45, 7) is 3.72. The fourth-order valence-electron chi connectivity index (χ4n) is 4.31. The zero-order valence-electron chi connectivity index (χ0n) is 20.0. The Hall–Kier alpha value is -2.88. The van der Waals surface area contributed by atoms with Gasteiger partial charge in [0.2, 0.25) is 15.9 Å². The molecule has 1 amide bonds. The predicted molar refractivity (Wildman–Crippen MR) is 136 cm³/mol. The lowest BCUT2D eigenvalue weighted by atomic mass is 9.85. The standard InChI is InChI=1S/C26H28ClFN4O3S/c1-16-3-4-20(14-29-16)25-24(27)13-23(15-30-25)36(34,35)32-22-11-7-19(8-12-22)26(33)31-17(2)18-5-9-21(28)10-6-18/h3-6,9-10,13-15,17,19,22,32H,7-8,11-12H2,1-2H3,(H,31,33)/t17-,19?,22?/m1/s1. The minimum atomic E-state index is -3.83. The van der Waals surface area contributed by atoms with E-state index in [-0.39, 0.29) is 39.6 Å². The van der Waals surface area contributed by atoms with Crippen molar-refractivity contribution in [2.75, 3.05) is 0 Å². The monoisotopic (exact) mass is 530 g/mol. The molecule has 2 aromatic heterocycles. The topological polar surface area (TPSA) is 101 Å². The van der Waals surface area contributed by atoms with Gasteiger partial charge < -0.3 is 5.32 Å². The molecule has 1 aliphatic rings. The molecule has 2 N–H and O–H groups in total. The maximum absolute atomic E-state index is 13.1. The summed E-state index contributed by atoms with van der Waals surface area (Å²) in [5.41, 5.74) is 2.84. The number of nitrogens with one attached hydrogen (secondary N) is 2. The van der Waals surface area contributed by atoms with Crippen LogP contribution in [0.4, 0.5) is 4.39 Å². The summed E-state index contributed by atoms with van der Waals surface area (Å²) >= 11 is 6.35. The average Bonchev–Trinajstić information content (AvgIpc) is 2.85. The fraction of sp³-hybridized carbons (Fsp3) is 0.346. The molecule has 190 valence electrons. The van der Waals surface area contributed by atoms with Gasteiger partial charge in [-0.1, -0.05) is 23.7 Å². The molecule has 0 radical (unpaired) electrons. The third-order valence-electron chi connectivity index (χ3n) is 6.46. The van der Waals surface area contributed by atoms with Crippen LogP contribution in [0, 0.1) is 18.7 Å². The number of halogens is 2. The second-order valence-corrected chi connectivity index (χ2v) is 11.3. The van der Waals surface area contributed by atoms with Crippen LogP contribution < -0.4 is 10.0 Å². The van der Waals surface area contributed by atoms with E-state index in [4.69, 9.17) is 11.6 Å². The van der Waals surface area contributed by atoms with Gasteiger partial charge in [-0.2, -0.15) is 0 Å². The summed E-state index contributed by atoms with van der Waals surface area (Å²) < 4.78 is 41.8. The highest BCUT2D eigenvalue weighted by atomic mass is 35.5. The minimum absolute atomic E-state index is 0.00990. The quantitative estimate of drug-likeness (QED) is 0.449. The third-order valence-corrected chi connectivity index (χ3v) is 8.24. The lowest BCUT2D eigenvalue weighted by molar-refractivity contribution is -0.126. The molecule has 0 spiro atoms. The maximum atomic E-state index is 13.1. The summed E-state index contributed by atoms with van der Waals surface area (Å²) in [7, 11) is -3.83. The third kappa shape index (κ3) is 6.27. The molecule has 36 heavy (non-hydrogen) atoms. The van der Waals surface area contributed by atoms with Crippen molar-refractivity contribution in [2.45, 2.75) is 56.5 Å². The first kappa shape index (κ1) is 26.2. The number of carbonyl (C=O) groups is 1. The molecule has 0 saturated heterocycles. The Morgan fingerprint density at radius 2 is 1.75 bits per heavy atom. The lowest BCUT2D eigenvalue weighted by Crippen LogP contribution is -2.41. The number of pyridine rings is 2. The molecular formula is C26H28ClFN4O3S. The highest BCUT2D eigenvalue weighted by Crippen LogP contribution is 2.29. The highest BCUT2D eigenvalue weighted by Gasteiger charge is 2.30. The normalized spacial score (nSPS) is 19.0. The first-order valence-corrected chi connectivity index (χ1v) is 13.7. The molecule has 4 rings (SSSR count). The molecule has 0 unspecified atom stereocenters. The minimum Gasteiger partial charge on any atom is -0.349 e. The van der Waals surface area contributed by atoms with Crippen molar-refractivity contribution in [1.29, 1.82) is 0 Å². The lowest BCUT2D eigenvalue weighted by Gasteiger charge is -2.29. The Morgan fingerprint density at radius 3 is 2.36 bits per heavy atom. The number of benzene rings is 1. The van der Waals surface area contributed by atoms with Crippen molar-refractivity contribution >= 4 is 27.5 Å². The van der Waals surface area contributed by atoms with Crippen LogP contribution in [0.1, 0.15) is 49.9 Å². The molecule has 1 fully saturated rings. The van der Waals surface area contributed by atoms with Gasteiger partial charge in [0.25, 0.3) is 0 Å². The van der Waals surface area contributed by atoms with Crippen molar-refractivity contribution in [3.05, 3.63) is 77.0 Å². The molecule has 1 saturated carbocycles. The number of aromatic nitrogens is 2. The summed E-state index contributed by atoms with van der Waals surface area (Å²) in [5.74, 6) is -0.604. The number of amides is 1. The van der Waals surface area contributed by atoms with E-state index in [1.165, 1.54) is 24.4 Å². The molecular weight excluding hydrogens is 503 g/mol. The molecule has 1 aliphatic carbocycles. The zero-order chi connectivity index (χ0) is 25.9. The Kier molecular flexibility index (Phi) is 8.02. The molecule has 1 aromatic carbocycles. The van der Waals surface area contributed by atoms with E-state index in [1.54, 1.807) is 18.3 Å². The van der Waals surface area contributed by atoms with Crippen molar-refractivity contribution in [3.8, 4) is 11.3 Å². The van der Waals surface area contributed by atoms with Gasteiger partial charge in [0.05, 0.1) is 16.8 Å². The predicted octanol–water partition coefficient (Wildman–Crippen LogP) is 4.96. The van der Waals surface area contributed by atoms with Crippen LogP contribution in [0.15, 0.2) is 59.8 Å². The van der Waals surface area contributed by atoms with Crippen molar-refractivity contribution in [1.82, 2.24) is 20.0 Å². The smallest absolute Gasteiger partial charge is 0.242 e. The van der Waals surface area contributed by atoms with Crippen molar-refractivity contribution < 1.29 is 17.6 Å². The van der Waals surface area contributed by atoms with Crippen LogP contribution in [0.3, 0.4) is 0 Å². The zero-order valence-corrected chi connectivity index (χ0v) is 21.6. The van der Waals surface area contributed by atoms with Gasteiger partial charge in [0.15, 0.2) is 0 Å². The Morgan fingerprint density at radius 1 is 1.06 bits per heavy atom. The second-order valence-electron chi connectivity index (χ2n) is 9.14. The Labute approximate surface area is 215 Å². The first-order chi connectivity index (χ1) is 17.1. The number of nitrogens with zero attached hydrogens (tertiary/aromatic N) is 2. The number of carbonyl (C=O) groups excluding carboxylic acids is 1. The molecule has 0 aliphatic heterocycles. The summed E-state index contributed by atoms with van der Waals surface area (Å²) in [6.07, 6.45) is 5.14. The van der Waals surface area contributed by atoms with E-state index in [0.717, 1.165) is 11.3 Å². The van der Waals surface area contributed by atoms with Crippen LogP contribution in [0.25, 0.3) is 11.3 Å². The van der Waals surface area contributed by atoms with E-state index in [1.807, 2.05) is 26.0 Å². The Bertz CT molecular complexity index is 1330. The highest BCUT2D eigenvalue weighted by molar-refractivity contribution is 7.89. The number of hydrogen-bond acceptors (Lipinski definition) is 5. The molecule has 7 nitrogen and oxygen atoms in total. The van der Waals surface area contributed by atoms with Gasteiger partial charge in [0, 0.05) is 35.6 Å². The van der Waals surface area contributed by atoms with Crippen LogP contribution in [-0.4, -0.2) is 30.3 Å². The van der Waals surface area contributed by atoms with Crippen LogP contribution in [0.5, 0.6) is 0 Å². The molecule has 3 aromatic rings. The molecule has 0 bridgehead atoms. The van der Waals surface area contributed by atoms with Crippen LogP contribution >= 0.6 is 11.6 Å². The van der Waals surface area contributed by atoms with Gasteiger partial charge >= 0.3 is 0 Å². The molecule has 10 heteroatoms. The van der Waals surface area contributed by atoms with E-state index < -0.39 is 10.0 Å². The second kappa shape index (κ2) is 11.0. The first-order valence-electron chi connectivity index (χ1n) is 11.8. The van der Waals surface area contributed by atoms with Crippen molar-refractivity contribution in [2.24, 2.45) is 5.92 Å². The maximum Gasteiger partial charge on any atom is 0.242 e. The van der Waals surface area contributed by atoms with Crippen molar-refractivity contribution in [3.63, 3.8) is 0 Å². The number of sulfonamides is 1. The summed E-state index contributed by atoms with van der Waals surface area (Å²) in [5, 5.41) is 3.20. The van der Waals surface area contributed by atoms with Crippen LogP contribution in [-0.2, 0) is 14.8 Å². The number of rotatable bonds is 7. The van der Waals surface area contributed by atoms with Gasteiger partial charge in [0.1, 0.15) is 10.7 Å². The van der Waals surface area contributed by atoms with Gasteiger partial charge in [-0.05, 0) is 75.4 Å². The van der Waals surface area contributed by atoms with E-state index in [9.17, 15) is 17.6 Å². The largest absolute Gasteiger partial charge is 0.349 e. The number of hydrogen-bond donors (Lipinski definition) is 2. The van der Waals surface area contributed by atoms with E-state index in [2.05, 4.69) is 20.0 Å². The van der Waals surface area contributed by atoms with Gasteiger partial charge in [-0.3, -0.25) is 14.8 Å². The SMILES string of the molecule is Cc1ccc(-c2ncc(S(=O)(=O)NC3CCC(C(=O)N[C@H](C)c4ccc(F)cc4)CC3)cc2Cl)cn1. The van der Waals surface area contributed by atoms with Gasteiger partial charge in [-0.25, -0.2) is 17.5 Å². The van der Waals surface area contributed by atoms with Crippen LogP contribution in [0.2, 0.25) is 5.02 Å². The summed E-state index contributed by atoms with van der Waals surface area (Å²) in [4.78, 5) is 21.2. The fourth-order valence-corrected chi connectivity index (χ4v) is 5.93. The Balaban J connectivity index is 1.33.